The van der Waals surface area contributed by atoms with E-state index in [2.05, 4.69) is 0 Å². The Balaban J connectivity index is 2.45. The molecule has 0 aliphatic heterocycles. The van der Waals surface area contributed by atoms with Crippen molar-refractivity contribution in [2.45, 2.75) is 19.7 Å². The molecule has 0 saturated carbocycles. The summed E-state index contributed by atoms with van der Waals surface area (Å²) in [5.74, 6) is 0. The molecule has 21 heavy (non-hydrogen) atoms. The van der Waals surface area contributed by atoms with Crippen molar-refractivity contribution in [1.82, 2.24) is 0 Å². The Morgan fingerprint density at radius 3 is 2.29 bits per heavy atom. The molecule has 2 aromatic carbocycles. The van der Waals surface area contributed by atoms with Gasteiger partial charge in [0.15, 0.2) is 0 Å². The summed E-state index contributed by atoms with van der Waals surface area (Å²) in [7, 11) is 1.71. The van der Waals surface area contributed by atoms with Crippen molar-refractivity contribution in [1.29, 1.82) is 0 Å². The van der Waals surface area contributed by atoms with Crippen LogP contribution in [-0.4, -0.2) is 12.2 Å². The van der Waals surface area contributed by atoms with Gasteiger partial charge in [0.25, 0.3) is 0 Å². The Bertz CT molecular complexity index is 638. The third kappa shape index (κ3) is 3.36. The predicted molar refractivity (Wildman–Crippen MR) is 76.6 cm³/mol. The smallest absolute Gasteiger partial charge is 0.392 e. The molecule has 0 fully saturated rings. The summed E-state index contributed by atoms with van der Waals surface area (Å²) in [4.78, 5) is 1.68. The van der Waals surface area contributed by atoms with Gasteiger partial charge in [0.1, 0.15) is 0 Å². The Kier molecular flexibility index (Phi) is 4.23. The van der Waals surface area contributed by atoms with E-state index in [1.165, 1.54) is 6.07 Å². The van der Waals surface area contributed by atoms with Gasteiger partial charge in [-0.1, -0.05) is 18.2 Å². The van der Waals surface area contributed by atoms with Crippen LogP contribution < -0.4 is 4.90 Å². The minimum absolute atomic E-state index is 0.121. The Morgan fingerprint density at radius 2 is 1.71 bits per heavy atom. The molecule has 2 rings (SSSR count). The summed E-state index contributed by atoms with van der Waals surface area (Å²) < 4.78 is 39.0. The van der Waals surface area contributed by atoms with Gasteiger partial charge in [-0.05, 0) is 42.3 Å². The second-order valence-corrected chi connectivity index (χ2v) is 4.90. The SMILES string of the molecule is Cc1cccc(N(C)c2ccc(CO)c(C(F)(F)F)c2)c1. The van der Waals surface area contributed by atoms with E-state index >= 15 is 0 Å². The highest BCUT2D eigenvalue weighted by atomic mass is 19.4. The monoisotopic (exact) mass is 295 g/mol. The van der Waals surface area contributed by atoms with Crippen LogP contribution in [0.5, 0.6) is 0 Å². The van der Waals surface area contributed by atoms with Gasteiger partial charge in [0.05, 0.1) is 12.2 Å². The van der Waals surface area contributed by atoms with Gasteiger partial charge < -0.3 is 10.0 Å². The predicted octanol–water partition coefficient (Wildman–Crippen LogP) is 4.27. The fourth-order valence-corrected chi connectivity index (χ4v) is 2.16. The van der Waals surface area contributed by atoms with E-state index in [1.807, 2.05) is 31.2 Å². The lowest BCUT2D eigenvalue weighted by atomic mass is 10.1. The first-order chi connectivity index (χ1) is 9.82. The quantitative estimate of drug-likeness (QED) is 0.914. The summed E-state index contributed by atoms with van der Waals surface area (Å²) in [6.45, 7) is 1.29. The van der Waals surface area contributed by atoms with Crippen molar-refractivity contribution < 1.29 is 18.3 Å². The van der Waals surface area contributed by atoms with Crippen molar-refractivity contribution in [3.8, 4) is 0 Å². The maximum atomic E-state index is 13.0. The number of alkyl halides is 3. The van der Waals surface area contributed by atoms with E-state index < -0.39 is 18.3 Å². The molecule has 0 atom stereocenters. The Hall–Kier alpha value is -2.01. The average molecular weight is 295 g/mol. The van der Waals surface area contributed by atoms with Crippen LogP contribution in [0.3, 0.4) is 0 Å². The molecule has 0 radical (unpaired) electrons. The molecule has 112 valence electrons. The molecule has 0 aliphatic rings. The number of hydrogen-bond donors (Lipinski definition) is 1. The lowest BCUT2D eigenvalue weighted by Gasteiger charge is -2.22. The normalized spacial score (nSPS) is 11.5. The first-order valence-corrected chi connectivity index (χ1v) is 6.44. The minimum atomic E-state index is -4.48. The minimum Gasteiger partial charge on any atom is -0.392 e. The number of anilines is 2. The van der Waals surface area contributed by atoms with Gasteiger partial charge in [0, 0.05) is 18.4 Å². The van der Waals surface area contributed by atoms with E-state index in [-0.39, 0.29) is 5.56 Å². The number of aliphatic hydroxyl groups is 1. The maximum absolute atomic E-state index is 13.0. The number of aliphatic hydroxyl groups excluding tert-OH is 1. The highest BCUT2D eigenvalue weighted by Crippen LogP contribution is 2.36. The number of hydrogen-bond acceptors (Lipinski definition) is 2. The van der Waals surface area contributed by atoms with Gasteiger partial charge in [-0.15, -0.1) is 0 Å². The molecular weight excluding hydrogens is 279 g/mol. The van der Waals surface area contributed by atoms with Crippen molar-refractivity contribution in [3.05, 3.63) is 59.2 Å². The summed E-state index contributed by atoms with van der Waals surface area (Å²) in [6, 6.07) is 11.5. The fourth-order valence-electron chi connectivity index (χ4n) is 2.16. The molecule has 0 saturated heterocycles. The number of nitrogens with zero attached hydrogens (tertiary/aromatic N) is 1. The van der Waals surface area contributed by atoms with E-state index in [1.54, 1.807) is 18.0 Å². The standard InChI is InChI=1S/C16H16F3NO/c1-11-4-3-5-13(8-11)20(2)14-7-6-12(10-21)15(9-14)16(17,18)19/h3-9,21H,10H2,1-2H3. The number of aryl methyl sites for hydroxylation is 1. The van der Waals surface area contributed by atoms with Gasteiger partial charge >= 0.3 is 6.18 Å². The summed E-state index contributed by atoms with van der Waals surface area (Å²) in [6.07, 6.45) is -4.48. The van der Waals surface area contributed by atoms with Crippen molar-refractivity contribution in [2.24, 2.45) is 0 Å². The van der Waals surface area contributed by atoms with Crippen molar-refractivity contribution >= 4 is 11.4 Å². The van der Waals surface area contributed by atoms with Crippen LogP contribution in [0.4, 0.5) is 24.5 Å². The molecule has 1 N–H and O–H groups in total. The fraction of sp³-hybridized carbons (Fsp3) is 0.250. The highest BCUT2D eigenvalue weighted by molar-refractivity contribution is 5.64. The molecule has 2 nitrogen and oxygen atoms in total. The zero-order valence-corrected chi connectivity index (χ0v) is 11.8. The summed E-state index contributed by atoms with van der Waals surface area (Å²) in [5, 5.41) is 9.05. The topological polar surface area (TPSA) is 23.5 Å². The maximum Gasteiger partial charge on any atom is 0.416 e. The van der Waals surface area contributed by atoms with E-state index in [0.717, 1.165) is 17.3 Å². The number of halogens is 3. The highest BCUT2D eigenvalue weighted by Gasteiger charge is 2.33. The van der Waals surface area contributed by atoms with Gasteiger partial charge in [0.2, 0.25) is 0 Å². The van der Waals surface area contributed by atoms with E-state index in [0.29, 0.717) is 5.69 Å². The molecular formula is C16H16F3NO. The van der Waals surface area contributed by atoms with Crippen LogP contribution in [0.15, 0.2) is 42.5 Å². The van der Waals surface area contributed by atoms with E-state index in [9.17, 15) is 13.2 Å². The van der Waals surface area contributed by atoms with Crippen molar-refractivity contribution in [2.75, 3.05) is 11.9 Å². The Labute approximate surface area is 121 Å². The third-order valence-electron chi connectivity index (χ3n) is 3.35. The van der Waals surface area contributed by atoms with Crippen LogP contribution in [0.1, 0.15) is 16.7 Å². The molecule has 0 heterocycles. The molecule has 0 aromatic heterocycles. The molecule has 0 bridgehead atoms. The van der Waals surface area contributed by atoms with E-state index in [4.69, 9.17) is 5.11 Å². The molecule has 0 aliphatic carbocycles. The third-order valence-corrected chi connectivity index (χ3v) is 3.35. The van der Waals surface area contributed by atoms with Crippen LogP contribution >= 0.6 is 0 Å². The molecule has 0 amide bonds. The van der Waals surface area contributed by atoms with Gasteiger partial charge in [-0.2, -0.15) is 13.2 Å². The van der Waals surface area contributed by atoms with Crippen LogP contribution in [0, 0.1) is 6.92 Å². The zero-order chi connectivity index (χ0) is 15.6. The molecule has 0 unspecified atom stereocenters. The lowest BCUT2D eigenvalue weighted by Crippen LogP contribution is -2.14. The largest absolute Gasteiger partial charge is 0.416 e. The summed E-state index contributed by atoms with van der Waals surface area (Å²) >= 11 is 0. The van der Waals surface area contributed by atoms with Crippen LogP contribution in [-0.2, 0) is 12.8 Å². The molecule has 2 aromatic rings. The van der Waals surface area contributed by atoms with Gasteiger partial charge in [-0.25, -0.2) is 0 Å². The van der Waals surface area contributed by atoms with Crippen LogP contribution in [0.2, 0.25) is 0 Å². The van der Waals surface area contributed by atoms with Gasteiger partial charge in [-0.3, -0.25) is 0 Å². The Morgan fingerprint density at radius 1 is 1.05 bits per heavy atom. The average Bonchev–Trinajstić information content (AvgIpc) is 2.45. The first kappa shape index (κ1) is 15.4. The zero-order valence-electron chi connectivity index (χ0n) is 11.8. The number of benzene rings is 2. The second kappa shape index (κ2) is 5.77. The molecule has 0 spiro atoms. The summed E-state index contributed by atoms with van der Waals surface area (Å²) in [5.41, 5.74) is 1.33. The lowest BCUT2D eigenvalue weighted by molar-refractivity contribution is -0.138. The molecule has 5 heteroatoms. The van der Waals surface area contributed by atoms with Crippen molar-refractivity contribution in [3.63, 3.8) is 0 Å². The number of rotatable bonds is 3. The first-order valence-electron chi connectivity index (χ1n) is 6.44. The second-order valence-electron chi connectivity index (χ2n) is 4.90. The van der Waals surface area contributed by atoms with Crippen LogP contribution in [0.25, 0.3) is 0 Å².